The number of anilines is 1. The molecule has 7 nitrogen and oxygen atoms in total. The molecule has 0 aliphatic carbocycles. The van der Waals surface area contributed by atoms with Gasteiger partial charge in [-0.25, -0.2) is 9.37 Å². The Morgan fingerprint density at radius 1 is 1.03 bits per heavy atom. The second-order valence-corrected chi connectivity index (χ2v) is 11.2. The number of benzene rings is 3. The number of rotatable bonds is 5. The molecule has 1 aromatic heterocycles. The molecule has 0 saturated carbocycles. The lowest BCUT2D eigenvalue weighted by molar-refractivity contribution is -0.132. The summed E-state index contributed by atoms with van der Waals surface area (Å²) in [4.78, 5) is 32.9. The highest BCUT2D eigenvalue weighted by Crippen LogP contribution is 2.45. The van der Waals surface area contributed by atoms with Gasteiger partial charge in [-0.3, -0.25) is 14.5 Å². The monoisotopic (exact) mass is 546 g/mol. The molecule has 0 radical (unpaired) electrons. The minimum Gasteiger partial charge on any atom is -0.507 e. The number of ketones is 1. The molecule has 200 valence electrons. The van der Waals surface area contributed by atoms with Crippen LogP contribution in [0.5, 0.6) is 11.5 Å². The largest absolute Gasteiger partial charge is 0.507 e. The van der Waals surface area contributed by atoms with Crippen molar-refractivity contribution >= 4 is 44.1 Å². The highest BCUT2D eigenvalue weighted by Gasteiger charge is 2.48. The molecule has 1 amide bonds. The van der Waals surface area contributed by atoms with Crippen molar-refractivity contribution < 1.29 is 28.6 Å². The van der Waals surface area contributed by atoms with Gasteiger partial charge in [0.15, 0.2) is 5.13 Å². The van der Waals surface area contributed by atoms with Crippen molar-refractivity contribution in [2.24, 2.45) is 0 Å². The van der Waals surface area contributed by atoms with Crippen LogP contribution in [0.4, 0.5) is 9.52 Å². The van der Waals surface area contributed by atoms with Crippen LogP contribution >= 0.6 is 11.3 Å². The molecule has 9 heteroatoms. The van der Waals surface area contributed by atoms with Gasteiger partial charge in [0.1, 0.15) is 23.1 Å². The first-order valence-electron chi connectivity index (χ1n) is 12.2. The average Bonchev–Trinajstić information content (AvgIpc) is 3.44. The van der Waals surface area contributed by atoms with Gasteiger partial charge in [0.2, 0.25) is 0 Å². The summed E-state index contributed by atoms with van der Waals surface area (Å²) in [6.45, 7) is 6.04. The summed E-state index contributed by atoms with van der Waals surface area (Å²) in [6, 6.07) is 15.2. The standard InChI is InChI=1S/C30H27FN2O5S/c1-30(2,3)20-14-17(9-12-22(20)38-5)26(34)24-25(16-7-6-8-19(13-16)37-4)33(28(36)27(24)35)29-32-21-11-10-18(31)15-23(21)39-29/h6-15,25,34H,1-5H3/b26-24+. The smallest absolute Gasteiger partial charge is 0.301 e. The topological polar surface area (TPSA) is 89.0 Å². The van der Waals surface area contributed by atoms with E-state index in [1.165, 1.54) is 30.2 Å². The third-order valence-corrected chi connectivity index (χ3v) is 7.70. The first-order valence-corrected chi connectivity index (χ1v) is 13.0. The molecule has 5 rings (SSSR count). The lowest BCUT2D eigenvalue weighted by Crippen LogP contribution is -2.29. The Morgan fingerprint density at radius 2 is 1.79 bits per heavy atom. The van der Waals surface area contributed by atoms with Crippen LogP contribution in [0, 0.1) is 5.82 Å². The number of hydrogen-bond acceptors (Lipinski definition) is 7. The van der Waals surface area contributed by atoms with Crippen molar-refractivity contribution in [1.29, 1.82) is 0 Å². The third-order valence-electron chi connectivity index (χ3n) is 6.68. The van der Waals surface area contributed by atoms with Crippen molar-refractivity contribution in [3.63, 3.8) is 0 Å². The number of halogens is 1. The maximum atomic E-state index is 13.9. The van der Waals surface area contributed by atoms with E-state index in [4.69, 9.17) is 9.47 Å². The van der Waals surface area contributed by atoms with Gasteiger partial charge in [-0.05, 0) is 59.5 Å². The molecule has 0 bridgehead atoms. The van der Waals surface area contributed by atoms with E-state index in [1.807, 2.05) is 20.8 Å². The Labute approximate surface area is 229 Å². The van der Waals surface area contributed by atoms with Gasteiger partial charge in [0, 0.05) is 11.1 Å². The van der Waals surface area contributed by atoms with E-state index in [0.29, 0.717) is 32.8 Å². The molecule has 1 unspecified atom stereocenters. The molecular formula is C30H27FN2O5S. The summed E-state index contributed by atoms with van der Waals surface area (Å²) in [5.41, 5.74) is 1.84. The fourth-order valence-corrected chi connectivity index (χ4v) is 5.76. The molecule has 1 aliphatic rings. The average molecular weight is 547 g/mol. The summed E-state index contributed by atoms with van der Waals surface area (Å²) in [5.74, 6) is -1.27. The lowest BCUT2D eigenvalue weighted by Gasteiger charge is -2.24. The molecule has 1 fully saturated rings. The van der Waals surface area contributed by atoms with Crippen molar-refractivity contribution in [1.82, 2.24) is 4.98 Å². The highest BCUT2D eigenvalue weighted by atomic mass is 32.1. The van der Waals surface area contributed by atoms with Crippen molar-refractivity contribution in [3.05, 3.63) is 88.7 Å². The Bertz CT molecular complexity index is 1650. The zero-order valence-electron chi connectivity index (χ0n) is 22.1. The van der Waals surface area contributed by atoms with Crippen molar-refractivity contribution in [2.45, 2.75) is 32.2 Å². The molecule has 3 aromatic carbocycles. The molecule has 4 aromatic rings. The SMILES string of the molecule is COc1cccc(C2/C(=C(\O)c3ccc(OC)c(C(C)(C)C)c3)C(=O)C(=O)N2c2nc3ccc(F)cc3s2)c1. The van der Waals surface area contributed by atoms with E-state index in [1.54, 1.807) is 49.6 Å². The summed E-state index contributed by atoms with van der Waals surface area (Å²) >= 11 is 1.09. The quantitative estimate of drug-likeness (QED) is 0.178. The zero-order valence-corrected chi connectivity index (χ0v) is 22.9. The van der Waals surface area contributed by atoms with E-state index in [2.05, 4.69) is 4.98 Å². The van der Waals surface area contributed by atoms with Crippen LogP contribution < -0.4 is 14.4 Å². The number of thiazole rings is 1. The van der Waals surface area contributed by atoms with Crippen LogP contribution in [0.3, 0.4) is 0 Å². The third kappa shape index (κ3) is 4.63. The number of hydrogen-bond donors (Lipinski definition) is 1. The minimum atomic E-state index is -0.995. The van der Waals surface area contributed by atoms with Crippen molar-refractivity contribution in [3.8, 4) is 11.5 Å². The van der Waals surface area contributed by atoms with Gasteiger partial charge in [0.05, 0.1) is 36.1 Å². The number of Topliss-reactive ketones (excluding diaryl/α,β-unsaturated/α-hetero) is 1. The Kier molecular flexibility index (Phi) is 6.64. The summed E-state index contributed by atoms with van der Waals surface area (Å²) in [5, 5.41) is 11.8. The molecule has 1 atom stereocenters. The van der Waals surface area contributed by atoms with Crippen LogP contribution in [0.1, 0.15) is 43.5 Å². The Morgan fingerprint density at radius 3 is 2.49 bits per heavy atom. The number of amides is 1. The van der Waals surface area contributed by atoms with Gasteiger partial charge >= 0.3 is 5.91 Å². The van der Waals surface area contributed by atoms with E-state index >= 15 is 0 Å². The van der Waals surface area contributed by atoms with Crippen LogP contribution in [-0.4, -0.2) is 36.0 Å². The fraction of sp³-hybridized carbons (Fsp3) is 0.233. The van der Waals surface area contributed by atoms with Gasteiger partial charge in [-0.2, -0.15) is 0 Å². The predicted octanol–water partition coefficient (Wildman–Crippen LogP) is 6.38. The van der Waals surface area contributed by atoms with E-state index in [9.17, 15) is 19.1 Å². The van der Waals surface area contributed by atoms with Gasteiger partial charge in [0.25, 0.3) is 5.78 Å². The number of carbonyl (C=O) groups is 2. The number of aliphatic hydroxyl groups is 1. The number of aromatic nitrogens is 1. The molecule has 1 N–H and O–H groups in total. The maximum absolute atomic E-state index is 13.9. The summed E-state index contributed by atoms with van der Waals surface area (Å²) < 4.78 is 25.3. The van der Waals surface area contributed by atoms with Gasteiger partial charge < -0.3 is 14.6 Å². The summed E-state index contributed by atoms with van der Waals surface area (Å²) in [6.07, 6.45) is 0. The number of carbonyl (C=O) groups excluding carboxylic acids is 2. The predicted molar refractivity (Wildman–Crippen MR) is 149 cm³/mol. The Hall–Kier alpha value is -4.24. The van der Waals surface area contributed by atoms with E-state index in [-0.39, 0.29) is 21.9 Å². The number of fused-ring (bicyclic) bond motifs is 1. The fourth-order valence-electron chi connectivity index (χ4n) is 4.74. The van der Waals surface area contributed by atoms with E-state index in [0.717, 1.165) is 16.9 Å². The number of ether oxygens (including phenoxy) is 2. The summed E-state index contributed by atoms with van der Waals surface area (Å²) in [7, 11) is 3.09. The Balaban J connectivity index is 1.74. The molecular weight excluding hydrogens is 519 g/mol. The molecule has 0 spiro atoms. The van der Waals surface area contributed by atoms with Crippen molar-refractivity contribution in [2.75, 3.05) is 19.1 Å². The molecule has 1 saturated heterocycles. The van der Waals surface area contributed by atoms with Crippen LogP contribution in [0.25, 0.3) is 16.0 Å². The molecule has 2 heterocycles. The normalized spacial score (nSPS) is 17.2. The maximum Gasteiger partial charge on any atom is 0.301 e. The number of nitrogens with zero attached hydrogens (tertiary/aromatic N) is 2. The number of aliphatic hydroxyl groups excluding tert-OH is 1. The van der Waals surface area contributed by atoms with Crippen LogP contribution in [-0.2, 0) is 15.0 Å². The van der Waals surface area contributed by atoms with Crippen LogP contribution in [0.15, 0.2) is 66.2 Å². The highest BCUT2D eigenvalue weighted by molar-refractivity contribution is 7.22. The van der Waals surface area contributed by atoms with Gasteiger partial charge in [-0.1, -0.05) is 44.2 Å². The molecule has 1 aliphatic heterocycles. The molecule has 39 heavy (non-hydrogen) atoms. The lowest BCUT2D eigenvalue weighted by atomic mass is 9.84. The first kappa shape index (κ1) is 26.4. The second-order valence-electron chi connectivity index (χ2n) is 10.2. The number of methoxy groups -OCH3 is 2. The second kappa shape index (κ2) is 9.81. The van der Waals surface area contributed by atoms with Gasteiger partial charge in [-0.15, -0.1) is 0 Å². The van der Waals surface area contributed by atoms with Crippen LogP contribution in [0.2, 0.25) is 0 Å². The van der Waals surface area contributed by atoms with E-state index < -0.39 is 23.5 Å². The first-order chi connectivity index (χ1) is 18.5. The minimum absolute atomic E-state index is 0.0799. The zero-order chi connectivity index (χ0) is 28.1.